The highest BCUT2D eigenvalue weighted by atomic mass is 15.2. The quantitative estimate of drug-likeness (QED) is 0.822. The Morgan fingerprint density at radius 1 is 1.29 bits per heavy atom. The number of aromatic nitrogens is 3. The van der Waals surface area contributed by atoms with Crippen molar-refractivity contribution in [3.05, 3.63) is 47.0 Å². The smallest absolute Gasteiger partial charge is 0.167 e. The molecule has 0 saturated carbocycles. The number of aromatic amines is 1. The third kappa shape index (κ3) is 1.85. The topological polar surface area (TPSA) is 67.6 Å². The number of fused-ring (bicyclic) bond motifs is 1. The molecule has 1 unspecified atom stereocenters. The van der Waals surface area contributed by atoms with Crippen LogP contribution in [0.15, 0.2) is 24.3 Å². The van der Waals surface area contributed by atoms with Crippen LogP contribution in [0.2, 0.25) is 0 Å². The summed E-state index contributed by atoms with van der Waals surface area (Å²) in [5.41, 5.74) is 8.62. The molecule has 4 heteroatoms. The number of hydrogen-bond donors (Lipinski definition) is 2. The first-order valence-electron chi connectivity index (χ1n) is 5.98. The van der Waals surface area contributed by atoms with Crippen molar-refractivity contribution in [2.45, 2.75) is 31.7 Å². The molecule has 0 amide bonds. The minimum absolute atomic E-state index is 0.108. The van der Waals surface area contributed by atoms with E-state index in [0.717, 1.165) is 18.7 Å². The van der Waals surface area contributed by atoms with E-state index < -0.39 is 0 Å². The third-order valence-corrected chi connectivity index (χ3v) is 3.36. The molecule has 1 aliphatic rings. The van der Waals surface area contributed by atoms with Crippen LogP contribution in [0.25, 0.3) is 0 Å². The summed E-state index contributed by atoms with van der Waals surface area (Å²) in [7, 11) is 0. The van der Waals surface area contributed by atoms with E-state index in [9.17, 15) is 0 Å². The van der Waals surface area contributed by atoms with Gasteiger partial charge in [-0.15, -0.1) is 0 Å². The van der Waals surface area contributed by atoms with E-state index >= 15 is 0 Å². The summed E-state index contributed by atoms with van der Waals surface area (Å²) >= 11 is 0. The van der Waals surface area contributed by atoms with Gasteiger partial charge in [-0.05, 0) is 30.9 Å². The molecule has 4 nitrogen and oxygen atoms in total. The largest absolute Gasteiger partial charge is 0.321 e. The van der Waals surface area contributed by atoms with Crippen molar-refractivity contribution >= 4 is 0 Å². The van der Waals surface area contributed by atoms with E-state index in [4.69, 9.17) is 5.73 Å². The van der Waals surface area contributed by atoms with Crippen molar-refractivity contribution in [2.75, 3.05) is 0 Å². The highest BCUT2D eigenvalue weighted by Crippen LogP contribution is 2.32. The Morgan fingerprint density at radius 3 is 2.47 bits per heavy atom. The third-order valence-electron chi connectivity index (χ3n) is 3.36. The highest BCUT2D eigenvalue weighted by molar-refractivity contribution is 5.34. The fourth-order valence-electron chi connectivity index (χ4n) is 2.43. The molecule has 1 aromatic carbocycles. The van der Waals surface area contributed by atoms with Crippen molar-refractivity contribution in [1.82, 2.24) is 15.2 Å². The summed E-state index contributed by atoms with van der Waals surface area (Å²) in [4.78, 5) is 4.48. The van der Waals surface area contributed by atoms with Crippen molar-refractivity contribution in [1.29, 1.82) is 0 Å². The molecule has 1 aliphatic carbocycles. The maximum absolute atomic E-state index is 5.76. The molecule has 3 N–H and O–H groups in total. The minimum atomic E-state index is -0.108. The van der Waals surface area contributed by atoms with Gasteiger partial charge in [0.05, 0.1) is 6.04 Å². The summed E-state index contributed by atoms with van der Waals surface area (Å²) in [5.74, 6) is 2.09. The first-order valence-corrected chi connectivity index (χ1v) is 5.98. The molecule has 0 fully saturated rings. The SMILES string of the molecule is CC(N)c1n[nH]c(C2Cc3ccccc3C2)n1. The van der Waals surface area contributed by atoms with Crippen LogP contribution in [-0.2, 0) is 12.8 Å². The Labute approximate surface area is 100 Å². The van der Waals surface area contributed by atoms with Gasteiger partial charge in [0.25, 0.3) is 0 Å². The molecule has 88 valence electrons. The van der Waals surface area contributed by atoms with Crippen LogP contribution in [0.5, 0.6) is 0 Å². The Kier molecular flexibility index (Phi) is 2.44. The van der Waals surface area contributed by atoms with Crippen molar-refractivity contribution in [2.24, 2.45) is 5.73 Å². The molecule has 0 bridgehead atoms. The van der Waals surface area contributed by atoms with Crippen LogP contribution in [-0.4, -0.2) is 15.2 Å². The molecule has 17 heavy (non-hydrogen) atoms. The van der Waals surface area contributed by atoms with Crippen LogP contribution in [0.4, 0.5) is 0 Å². The number of nitrogens with one attached hydrogen (secondary N) is 1. The van der Waals surface area contributed by atoms with Gasteiger partial charge in [0.15, 0.2) is 5.82 Å². The highest BCUT2D eigenvalue weighted by Gasteiger charge is 2.25. The van der Waals surface area contributed by atoms with Gasteiger partial charge in [-0.2, -0.15) is 5.10 Å². The average molecular weight is 228 g/mol. The lowest BCUT2D eigenvalue weighted by Gasteiger charge is -2.03. The van der Waals surface area contributed by atoms with Gasteiger partial charge in [0.2, 0.25) is 0 Å². The monoisotopic (exact) mass is 228 g/mol. The van der Waals surface area contributed by atoms with Gasteiger partial charge in [-0.3, -0.25) is 5.10 Å². The van der Waals surface area contributed by atoms with Crippen LogP contribution < -0.4 is 5.73 Å². The van der Waals surface area contributed by atoms with Gasteiger partial charge in [0.1, 0.15) is 5.82 Å². The van der Waals surface area contributed by atoms with Gasteiger partial charge in [0, 0.05) is 5.92 Å². The zero-order valence-corrected chi connectivity index (χ0v) is 9.85. The molecule has 0 spiro atoms. The Balaban J connectivity index is 1.84. The summed E-state index contributed by atoms with van der Waals surface area (Å²) in [5, 5.41) is 7.18. The minimum Gasteiger partial charge on any atom is -0.321 e. The predicted octanol–water partition coefficient (Wildman–Crippen LogP) is 1.71. The molecule has 1 atom stereocenters. The summed E-state index contributed by atoms with van der Waals surface area (Å²) in [6.07, 6.45) is 2.09. The van der Waals surface area contributed by atoms with E-state index in [1.807, 2.05) is 6.92 Å². The van der Waals surface area contributed by atoms with Gasteiger partial charge in [-0.25, -0.2) is 4.98 Å². The van der Waals surface area contributed by atoms with Crippen LogP contribution >= 0.6 is 0 Å². The number of nitrogens with zero attached hydrogens (tertiary/aromatic N) is 2. The van der Waals surface area contributed by atoms with Crippen LogP contribution in [0, 0.1) is 0 Å². The molecule has 1 heterocycles. The summed E-state index contributed by atoms with van der Waals surface area (Å²) in [6.45, 7) is 1.90. The summed E-state index contributed by atoms with van der Waals surface area (Å²) < 4.78 is 0. The second kappa shape index (κ2) is 3.96. The number of nitrogens with two attached hydrogens (primary N) is 1. The Hall–Kier alpha value is -1.68. The standard InChI is InChI=1S/C13H16N4/c1-8(14)12-15-13(17-16-12)11-6-9-4-2-3-5-10(9)7-11/h2-5,8,11H,6-7,14H2,1H3,(H,15,16,17). The second-order valence-electron chi connectivity index (χ2n) is 4.74. The van der Waals surface area contributed by atoms with Gasteiger partial charge in [-0.1, -0.05) is 24.3 Å². The fourth-order valence-corrected chi connectivity index (χ4v) is 2.43. The summed E-state index contributed by atoms with van der Waals surface area (Å²) in [6, 6.07) is 8.46. The number of H-pyrrole nitrogens is 1. The van der Waals surface area contributed by atoms with E-state index in [1.165, 1.54) is 11.1 Å². The molecular formula is C13H16N4. The van der Waals surface area contributed by atoms with Crippen molar-refractivity contribution < 1.29 is 0 Å². The molecular weight excluding hydrogens is 212 g/mol. The lowest BCUT2D eigenvalue weighted by Crippen LogP contribution is -2.07. The van der Waals surface area contributed by atoms with E-state index in [0.29, 0.717) is 11.7 Å². The molecule has 0 radical (unpaired) electrons. The molecule has 0 saturated heterocycles. The maximum atomic E-state index is 5.76. The predicted molar refractivity (Wildman–Crippen MR) is 65.6 cm³/mol. The fraction of sp³-hybridized carbons (Fsp3) is 0.385. The average Bonchev–Trinajstić information content (AvgIpc) is 2.95. The maximum Gasteiger partial charge on any atom is 0.167 e. The van der Waals surface area contributed by atoms with E-state index in [2.05, 4.69) is 39.4 Å². The van der Waals surface area contributed by atoms with Crippen LogP contribution in [0.3, 0.4) is 0 Å². The van der Waals surface area contributed by atoms with Crippen LogP contribution in [0.1, 0.15) is 41.7 Å². The van der Waals surface area contributed by atoms with E-state index in [1.54, 1.807) is 0 Å². The molecule has 1 aromatic heterocycles. The number of hydrogen-bond acceptors (Lipinski definition) is 3. The Bertz CT molecular complexity index is 505. The normalized spacial score (nSPS) is 17.1. The number of benzene rings is 1. The Morgan fingerprint density at radius 2 is 1.94 bits per heavy atom. The first-order chi connectivity index (χ1) is 8.24. The van der Waals surface area contributed by atoms with Gasteiger partial charge >= 0.3 is 0 Å². The lowest BCUT2D eigenvalue weighted by molar-refractivity contribution is 0.683. The van der Waals surface area contributed by atoms with Crippen molar-refractivity contribution in [3.63, 3.8) is 0 Å². The van der Waals surface area contributed by atoms with E-state index in [-0.39, 0.29) is 6.04 Å². The zero-order chi connectivity index (χ0) is 11.8. The van der Waals surface area contributed by atoms with Crippen molar-refractivity contribution in [3.8, 4) is 0 Å². The lowest BCUT2D eigenvalue weighted by atomic mass is 10.1. The first kappa shape index (κ1) is 10.5. The van der Waals surface area contributed by atoms with Gasteiger partial charge < -0.3 is 5.73 Å². The molecule has 0 aliphatic heterocycles. The number of rotatable bonds is 2. The molecule has 2 aromatic rings. The molecule has 3 rings (SSSR count). The zero-order valence-electron chi connectivity index (χ0n) is 9.85. The second-order valence-corrected chi connectivity index (χ2v) is 4.74.